The van der Waals surface area contributed by atoms with E-state index in [2.05, 4.69) is 45.3 Å². The van der Waals surface area contributed by atoms with Crippen LogP contribution in [-0.2, 0) is 6.42 Å². The first-order valence-corrected chi connectivity index (χ1v) is 7.67. The summed E-state index contributed by atoms with van der Waals surface area (Å²) in [5.74, 6) is 0. The Bertz CT molecular complexity index is 799. The summed E-state index contributed by atoms with van der Waals surface area (Å²) >= 11 is 3.52. The van der Waals surface area contributed by atoms with Crippen LogP contribution >= 0.6 is 15.9 Å². The van der Waals surface area contributed by atoms with E-state index in [0.717, 1.165) is 38.9 Å². The first-order chi connectivity index (χ1) is 10.2. The fourth-order valence-corrected chi connectivity index (χ4v) is 2.83. The zero-order valence-corrected chi connectivity index (χ0v) is 13.3. The molecule has 21 heavy (non-hydrogen) atoms. The van der Waals surface area contributed by atoms with Crippen molar-refractivity contribution in [2.75, 3.05) is 11.1 Å². The lowest BCUT2D eigenvalue weighted by molar-refractivity contribution is 1.14. The standard InChI is InChI=1S/C17H16BrN3/c1-2-11-10-12(18)5-7-15(11)21-16-8-6-14(19)13-4-3-9-20-17(13)16/h3-10,21H,2,19H2,1H3. The van der Waals surface area contributed by atoms with Gasteiger partial charge in [0.05, 0.1) is 11.2 Å². The Labute approximate surface area is 132 Å². The van der Waals surface area contributed by atoms with Crippen LogP contribution in [0.2, 0.25) is 0 Å². The first kappa shape index (κ1) is 13.9. The number of pyridine rings is 1. The Morgan fingerprint density at radius 3 is 2.76 bits per heavy atom. The summed E-state index contributed by atoms with van der Waals surface area (Å²) in [5, 5.41) is 4.45. The minimum atomic E-state index is 0.746. The van der Waals surface area contributed by atoms with Crippen molar-refractivity contribution in [1.82, 2.24) is 4.98 Å². The van der Waals surface area contributed by atoms with Crippen LogP contribution in [0.25, 0.3) is 10.9 Å². The summed E-state index contributed by atoms with van der Waals surface area (Å²) in [4.78, 5) is 4.46. The third-order valence-electron chi connectivity index (χ3n) is 3.52. The SMILES string of the molecule is CCc1cc(Br)ccc1Nc1ccc(N)c2cccnc12. The highest BCUT2D eigenvalue weighted by molar-refractivity contribution is 9.10. The monoisotopic (exact) mass is 341 g/mol. The molecular weight excluding hydrogens is 326 g/mol. The van der Waals surface area contributed by atoms with Crippen LogP contribution in [0, 0.1) is 0 Å². The van der Waals surface area contributed by atoms with Crippen LogP contribution in [0.4, 0.5) is 17.1 Å². The molecule has 3 rings (SSSR count). The highest BCUT2D eigenvalue weighted by Gasteiger charge is 2.07. The van der Waals surface area contributed by atoms with Gasteiger partial charge in [0.2, 0.25) is 0 Å². The van der Waals surface area contributed by atoms with Crippen molar-refractivity contribution in [2.24, 2.45) is 0 Å². The molecule has 0 aliphatic rings. The Morgan fingerprint density at radius 1 is 1.14 bits per heavy atom. The molecular formula is C17H16BrN3. The van der Waals surface area contributed by atoms with Crippen LogP contribution in [0.15, 0.2) is 53.1 Å². The number of nitrogen functional groups attached to an aromatic ring is 1. The number of hydrogen-bond acceptors (Lipinski definition) is 3. The van der Waals surface area contributed by atoms with Crippen LogP contribution in [-0.4, -0.2) is 4.98 Å². The van der Waals surface area contributed by atoms with E-state index in [4.69, 9.17) is 5.73 Å². The molecule has 0 radical (unpaired) electrons. The molecule has 0 saturated heterocycles. The molecule has 2 aromatic carbocycles. The smallest absolute Gasteiger partial charge is 0.0957 e. The summed E-state index contributed by atoms with van der Waals surface area (Å²) in [6.07, 6.45) is 2.75. The number of nitrogens with one attached hydrogen (secondary N) is 1. The number of benzene rings is 2. The zero-order valence-electron chi connectivity index (χ0n) is 11.7. The molecule has 0 unspecified atom stereocenters. The van der Waals surface area contributed by atoms with Crippen molar-refractivity contribution in [2.45, 2.75) is 13.3 Å². The number of nitrogens with zero attached hydrogens (tertiary/aromatic N) is 1. The zero-order chi connectivity index (χ0) is 14.8. The largest absolute Gasteiger partial charge is 0.398 e. The molecule has 0 atom stereocenters. The van der Waals surface area contributed by atoms with Crippen molar-refractivity contribution in [1.29, 1.82) is 0 Å². The van der Waals surface area contributed by atoms with Gasteiger partial charge in [0.15, 0.2) is 0 Å². The predicted molar refractivity (Wildman–Crippen MR) is 93.0 cm³/mol. The van der Waals surface area contributed by atoms with E-state index in [0.29, 0.717) is 0 Å². The Balaban J connectivity index is 2.09. The molecule has 4 heteroatoms. The van der Waals surface area contributed by atoms with E-state index in [1.54, 1.807) is 6.20 Å². The van der Waals surface area contributed by atoms with Gasteiger partial charge in [-0.2, -0.15) is 0 Å². The van der Waals surface area contributed by atoms with Gasteiger partial charge in [0.25, 0.3) is 0 Å². The third kappa shape index (κ3) is 2.72. The average Bonchev–Trinajstić information content (AvgIpc) is 2.52. The summed E-state index contributed by atoms with van der Waals surface area (Å²) in [5.41, 5.74) is 11.0. The normalized spacial score (nSPS) is 10.8. The lowest BCUT2D eigenvalue weighted by Gasteiger charge is -2.14. The van der Waals surface area contributed by atoms with Crippen molar-refractivity contribution in [3.8, 4) is 0 Å². The van der Waals surface area contributed by atoms with E-state index >= 15 is 0 Å². The molecule has 1 heterocycles. The molecule has 106 valence electrons. The fourth-order valence-electron chi connectivity index (χ4n) is 2.42. The highest BCUT2D eigenvalue weighted by Crippen LogP contribution is 2.31. The topological polar surface area (TPSA) is 50.9 Å². The van der Waals surface area contributed by atoms with Crippen molar-refractivity contribution in [3.63, 3.8) is 0 Å². The number of halogens is 1. The number of aromatic nitrogens is 1. The highest BCUT2D eigenvalue weighted by atomic mass is 79.9. The van der Waals surface area contributed by atoms with E-state index in [9.17, 15) is 0 Å². The van der Waals surface area contributed by atoms with E-state index in [1.165, 1.54) is 5.56 Å². The Hall–Kier alpha value is -2.07. The van der Waals surface area contributed by atoms with Crippen molar-refractivity contribution >= 4 is 43.9 Å². The first-order valence-electron chi connectivity index (χ1n) is 6.87. The second-order valence-corrected chi connectivity index (χ2v) is 5.80. The third-order valence-corrected chi connectivity index (χ3v) is 4.01. The van der Waals surface area contributed by atoms with Gasteiger partial charge in [-0.3, -0.25) is 4.98 Å². The molecule has 3 N–H and O–H groups in total. The molecule has 0 aliphatic carbocycles. The minimum absolute atomic E-state index is 0.746. The maximum atomic E-state index is 6.02. The Kier molecular flexibility index (Phi) is 3.80. The maximum absolute atomic E-state index is 6.02. The number of nitrogens with two attached hydrogens (primary N) is 1. The molecule has 3 aromatic rings. The molecule has 0 amide bonds. The van der Waals surface area contributed by atoms with E-state index < -0.39 is 0 Å². The van der Waals surface area contributed by atoms with Crippen molar-refractivity contribution in [3.05, 3.63) is 58.7 Å². The van der Waals surface area contributed by atoms with Gasteiger partial charge < -0.3 is 11.1 Å². The number of anilines is 3. The molecule has 3 nitrogen and oxygen atoms in total. The quantitative estimate of drug-likeness (QED) is 0.667. The number of hydrogen-bond donors (Lipinski definition) is 2. The summed E-state index contributed by atoms with van der Waals surface area (Å²) < 4.78 is 1.09. The molecule has 0 aliphatic heterocycles. The van der Waals surface area contributed by atoms with Gasteiger partial charge in [0, 0.05) is 27.4 Å². The molecule has 0 bridgehead atoms. The summed E-state index contributed by atoms with van der Waals surface area (Å²) in [7, 11) is 0. The van der Waals surface area contributed by atoms with Gasteiger partial charge in [-0.05, 0) is 54.4 Å². The van der Waals surface area contributed by atoms with Gasteiger partial charge in [-0.1, -0.05) is 22.9 Å². The molecule has 0 spiro atoms. The predicted octanol–water partition coefficient (Wildman–Crippen LogP) is 4.89. The van der Waals surface area contributed by atoms with E-state index in [1.807, 2.05) is 30.3 Å². The van der Waals surface area contributed by atoms with Gasteiger partial charge in [-0.15, -0.1) is 0 Å². The van der Waals surface area contributed by atoms with Crippen LogP contribution in [0.5, 0.6) is 0 Å². The Morgan fingerprint density at radius 2 is 1.95 bits per heavy atom. The summed E-state index contributed by atoms with van der Waals surface area (Å²) in [6, 6.07) is 14.0. The fraction of sp³-hybridized carbons (Fsp3) is 0.118. The molecule has 1 aromatic heterocycles. The van der Waals surface area contributed by atoms with Gasteiger partial charge in [0.1, 0.15) is 0 Å². The number of fused-ring (bicyclic) bond motifs is 1. The van der Waals surface area contributed by atoms with Crippen LogP contribution < -0.4 is 11.1 Å². The second-order valence-electron chi connectivity index (χ2n) is 4.88. The van der Waals surface area contributed by atoms with Gasteiger partial charge >= 0.3 is 0 Å². The van der Waals surface area contributed by atoms with Crippen LogP contribution in [0.1, 0.15) is 12.5 Å². The number of aryl methyl sites for hydroxylation is 1. The summed E-state index contributed by atoms with van der Waals surface area (Å²) in [6.45, 7) is 2.15. The van der Waals surface area contributed by atoms with Crippen LogP contribution in [0.3, 0.4) is 0 Å². The maximum Gasteiger partial charge on any atom is 0.0957 e. The van der Waals surface area contributed by atoms with Gasteiger partial charge in [-0.25, -0.2) is 0 Å². The number of rotatable bonds is 3. The van der Waals surface area contributed by atoms with Crippen molar-refractivity contribution < 1.29 is 0 Å². The molecule has 0 fully saturated rings. The lowest BCUT2D eigenvalue weighted by Crippen LogP contribution is -1.98. The lowest BCUT2D eigenvalue weighted by atomic mass is 10.1. The minimum Gasteiger partial charge on any atom is -0.398 e. The van der Waals surface area contributed by atoms with E-state index in [-0.39, 0.29) is 0 Å². The average molecular weight is 342 g/mol. The molecule has 0 saturated carbocycles. The second kappa shape index (κ2) is 5.74.